The highest BCUT2D eigenvalue weighted by Crippen LogP contribution is 2.53. The van der Waals surface area contributed by atoms with E-state index >= 15 is 0 Å². The van der Waals surface area contributed by atoms with Crippen LogP contribution in [0.1, 0.15) is 0 Å². The van der Waals surface area contributed by atoms with Crippen molar-refractivity contribution in [2.75, 3.05) is 4.90 Å². The van der Waals surface area contributed by atoms with E-state index < -0.39 is 0 Å². The zero-order valence-electron chi connectivity index (χ0n) is 32.6. The predicted molar refractivity (Wildman–Crippen MR) is 249 cm³/mol. The molecular formula is C56H36N4. The van der Waals surface area contributed by atoms with E-state index in [2.05, 4.69) is 216 Å². The quantitative estimate of drug-likeness (QED) is 0.175. The topological polar surface area (TPSA) is 34.0 Å². The molecule has 1 aliphatic heterocycles. The van der Waals surface area contributed by atoms with Crippen molar-refractivity contribution in [2.45, 2.75) is 0 Å². The number of hydrogen-bond donors (Lipinski definition) is 0. The Morgan fingerprint density at radius 3 is 1.62 bits per heavy atom. The minimum atomic E-state index is 0.692. The van der Waals surface area contributed by atoms with Gasteiger partial charge in [-0.15, -0.1) is 0 Å². The van der Waals surface area contributed by atoms with Crippen LogP contribution < -0.4 is 4.90 Å². The molecule has 0 spiro atoms. The molecule has 1 aliphatic rings. The fraction of sp³-hybridized carbons (Fsp3) is 0. The lowest BCUT2D eigenvalue weighted by atomic mass is 9.94. The summed E-state index contributed by atoms with van der Waals surface area (Å²) in [5, 5.41) is 4.89. The Hall–Kier alpha value is -8.08. The summed E-state index contributed by atoms with van der Waals surface area (Å²) in [6.45, 7) is 0. The molecule has 11 aromatic rings. The fourth-order valence-electron chi connectivity index (χ4n) is 9.18. The van der Waals surface area contributed by atoms with Crippen LogP contribution in [0.3, 0.4) is 0 Å². The van der Waals surface area contributed by atoms with Gasteiger partial charge in [-0.25, -0.2) is 9.97 Å². The van der Waals surface area contributed by atoms with Crippen LogP contribution in [-0.4, -0.2) is 14.5 Å². The third-order valence-electron chi connectivity index (χ3n) is 11.9. The molecule has 0 unspecified atom stereocenters. The van der Waals surface area contributed by atoms with Crippen LogP contribution in [0.15, 0.2) is 218 Å². The molecule has 0 amide bonds. The van der Waals surface area contributed by atoms with Crippen LogP contribution in [0.5, 0.6) is 0 Å². The lowest BCUT2D eigenvalue weighted by Crippen LogP contribution is -2.10. The molecule has 0 bridgehead atoms. The van der Waals surface area contributed by atoms with E-state index in [1.807, 2.05) is 12.1 Å². The molecule has 3 heterocycles. The van der Waals surface area contributed by atoms with Gasteiger partial charge in [0.2, 0.25) is 0 Å². The SMILES string of the molecule is c1ccc(-c2cc(-c3ccccc3)nc(-c3ccc(-n4c5cc6c(cc5c5c7ccccc7ccc54)N(c4ccccc4)c4ccccc4-c4ccccc4-6)cc3)n2)cc1. The van der Waals surface area contributed by atoms with Gasteiger partial charge in [0.15, 0.2) is 5.82 Å². The lowest BCUT2D eigenvalue weighted by Gasteiger charge is -2.27. The molecule has 4 heteroatoms. The average Bonchev–Trinajstić information content (AvgIpc) is 3.60. The van der Waals surface area contributed by atoms with E-state index in [9.17, 15) is 0 Å². The first-order valence-corrected chi connectivity index (χ1v) is 20.4. The Morgan fingerprint density at radius 2 is 0.917 bits per heavy atom. The predicted octanol–water partition coefficient (Wildman–Crippen LogP) is 14.8. The summed E-state index contributed by atoms with van der Waals surface area (Å²) in [6, 6.07) is 78.1. The van der Waals surface area contributed by atoms with Gasteiger partial charge >= 0.3 is 0 Å². The number of para-hydroxylation sites is 2. The highest BCUT2D eigenvalue weighted by atomic mass is 15.2. The Balaban J connectivity index is 1.10. The summed E-state index contributed by atoms with van der Waals surface area (Å²) in [4.78, 5) is 12.7. The molecule has 280 valence electrons. The lowest BCUT2D eigenvalue weighted by molar-refractivity contribution is 1.16. The van der Waals surface area contributed by atoms with Crippen LogP contribution in [-0.2, 0) is 0 Å². The number of hydrogen-bond acceptors (Lipinski definition) is 3. The van der Waals surface area contributed by atoms with Gasteiger partial charge in [-0.05, 0) is 88.6 Å². The summed E-state index contributed by atoms with van der Waals surface area (Å²) < 4.78 is 2.44. The minimum absolute atomic E-state index is 0.692. The second kappa shape index (κ2) is 13.8. The number of fused-ring (bicyclic) bond motifs is 10. The summed E-state index contributed by atoms with van der Waals surface area (Å²) in [5.74, 6) is 0.692. The standard InChI is InChI=1S/C56H36N4/c1-4-17-38(18-5-1)49-36-50(39-19-6-2-7-20-39)58-56(57-49)40-28-31-42(32-29-40)60-52-33-30-37-16-10-11-23-43(37)55(52)48-35-53-47(34-54(48)60)45-25-13-12-24-44(45)46-26-14-15-27-51(46)59(53)41-21-8-3-9-22-41/h1-36H. The first kappa shape index (κ1) is 34.0. The van der Waals surface area contributed by atoms with Gasteiger partial charge in [-0.3, -0.25) is 0 Å². The molecule has 0 fully saturated rings. The summed E-state index contributed by atoms with van der Waals surface area (Å²) in [6.07, 6.45) is 0. The van der Waals surface area contributed by atoms with Crippen molar-refractivity contribution in [3.05, 3.63) is 218 Å². The van der Waals surface area contributed by atoms with E-state index in [4.69, 9.17) is 9.97 Å². The third-order valence-corrected chi connectivity index (χ3v) is 11.9. The van der Waals surface area contributed by atoms with Gasteiger partial charge in [-0.2, -0.15) is 0 Å². The zero-order chi connectivity index (χ0) is 39.6. The van der Waals surface area contributed by atoms with E-state index in [1.54, 1.807) is 0 Å². The van der Waals surface area contributed by atoms with Gasteiger partial charge in [0.05, 0.1) is 33.8 Å². The summed E-state index contributed by atoms with van der Waals surface area (Å²) in [5.41, 5.74) is 16.5. The first-order chi connectivity index (χ1) is 29.8. The largest absolute Gasteiger partial charge is 0.309 e. The van der Waals surface area contributed by atoms with E-state index in [0.717, 1.165) is 61.9 Å². The fourth-order valence-corrected chi connectivity index (χ4v) is 9.18. The zero-order valence-corrected chi connectivity index (χ0v) is 32.6. The molecule has 0 saturated heterocycles. The van der Waals surface area contributed by atoms with Crippen molar-refractivity contribution in [1.29, 1.82) is 0 Å². The van der Waals surface area contributed by atoms with Crippen LogP contribution in [0, 0.1) is 0 Å². The normalized spacial score (nSPS) is 12.0. The van der Waals surface area contributed by atoms with Crippen molar-refractivity contribution in [1.82, 2.24) is 14.5 Å². The molecule has 9 aromatic carbocycles. The Bertz CT molecular complexity index is 3350. The smallest absolute Gasteiger partial charge is 0.160 e. The maximum atomic E-state index is 5.13. The molecule has 0 radical (unpaired) electrons. The van der Waals surface area contributed by atoms with E-state index in [0.29, 0.717) is 5.82 Å². The van der Waals surface area contributed by atoms with Crippen LogP contribution in [0.4, 0.5) is 17.1 Å². The third kappa shape index (κ3) is 5.46. The van der Waals surface area contributed by atoms with E-state index in [-0.39, 0.29) is 0 Å². The summed E-state index contributed by atoms with van der Waals surface area (Å²) >= 11 is 0. The maximum Gasteiger partial charge on any atom is 0.160 e. The van der Waals surface area contributed by atoms with Gasteiger partial charge in [0.1, 0.15) is 0 Å². The monoisotopic (exact) mass is 764 g/mol. The second-order valence-corrected chi connectivity index (χ2v) is 15.4. The van der Waals surface area contributed by atoms with E-state index in [1.165, 1.54) is 43.8 Å². The first-order valence-electron chi connectivity index (χ1n) is 20.4. The number of aromatic nitrogens is 3. The molecule has 2 aromatic heterocycles. The van der Waals surface area contributed by atoms with Crippen molar-refractivity contribution in [3.63, 3.8) is 0 Å². The molecule has 0 N–H and O–H groups in total. The number of nitrogens with zero attached hydrogens (tertiary/aromatic N) is 4. The highest BCUT2D eigenvalue weighted by Gasteiger charge is 2.28. The number of benzene rings is 9. The van der Waals surface area contributed by atoms with Crippen LogP contribution in [0.25, 0.3) is 94.4 Å². The van der Waals surface area contributed by atoms with Crippen molar-refractivity contribution < 1.29 is 0 Å². The minimum Gasteiger partial charge on any atom is -0.309 e. The Labute approximate surface area is 347 Å². The Morgan fingerprint density at radius 1 is 0.333 bits per heavy atom. The van der Waals surface area contributed by atoms with Crippen LogP contribution in [0.2, 0.25) is 0 Å². The highest BCUT2D eigenvalue weighted by molar-refractivity contribution is 6.23. The number of rotatable bonds is 5. The van der Waals surface area contributed by atoms with Gasteiger partial charge in [0.25, 0.3) is 0 Å². The summed E-state index contributed by atoms with van der Waals surface area (Å²) in [7, 11) is 0. The molecule has 0 saturated carbocycles. The molecule has 0 aliphatic carbocycles. The van der Waals surface area contributed by atoms with Crippen LogP contribution >= 0.6 is 0 Å². The molecule has 4 nitrogen and oxygen atoms in total. The molecule has 12 rings (SSSR count). The van der Waals surface area contributed by atoms with Gasteiger partial charge in [0, 0.05) is 50.0 Å². The van der Waals surface area contributed by atoms with Crippen molar-refractivity contribution in [2.24, 2.45) is 0 Å². The van der Waals surface area contributed by atoms with Crippen molar-refractivity contribution in [3.8, 4) is 61.8 Å². The molecule has 0 atom stereocenters. The Kier molecular flexibility index (Phi) is 7.82. The maximum absolute atomic E-state index is 5.13. The molecule has 60 heavy (non-hydrogen) atoms. The average molecular weight is 765 g/mol. The second-order valence-electron chi connectivity index (χ2n) is 15.4. The molecular weight excluding hydrogens is 729 g/mol. The van der Waals surface area contributed by atoms with Gasteiger partial charge in [-0.1, -0.05) is 152 Å². The number of anilines is 3. The van der Waals surface area contributed by atoms with Gasteiger partial charge < -0.3 is 9.47 Å². The van der Waals surface area contributed by atoms with Crippen molar-refractivity contribution >= 4 is 49.6 Å².